The van der Waals surface area contributed by atoms with Crippen LogP contribution in [0.1, 0.15) is 12.5 Å². The summed E-state index contributed by atoms with van der Waals surface area (Å²) < 4.78 is 31.3. The number of anilines is 1. The first kappa shape index (κ1) is 19.7. The number of sulfonamides is 1. The normalized spacial score (nSPS) is 12.4. The number of aliphatic hydroxyl groups is 1. The molecule has 8 heteroatoms. The molecular weight excluding hydrogens is 356 g/mol. The van der Waals surface area contributed by atoms with Gasteiger partial charge in [0.2, 0.25) is 15.9 Å². The van der Waals surface area contributed by atoms with Gasteiger partial charge in [-0.3, -0.25) is 9.10 Å². The molecule has 2 aromatic rings. The topological polar surface area (TPSA) is 110 Å². The fourth-order valence-corrected chi connectivity index (χ4v) is 3.33. The SMILES string of the molecule is CCS(=O)(=O)N(C[C@H](O)C(N)=O)c1ccc(Oc2ccc(C)cc2)cc1. The van der Waals surface area contributed by atoms with Crippen molar-refractivity contribution in [3.05, 3.63) is 54.1 Å². The van der Waals surface area contributed by atoms with Crippen molar-refractivity contribution in [1.82, 2.24) is 0 Å². The molecule has 3 N–H and O–H groups in total. The minimum absolute atomic E-state index is 0.180. The quantitative estimate of drug-likeness (QED) is 0.728. The molecule has 0 aliphatic heterocycles. The monoisotopic (exact) mass is 378 g/mol. The summed E-state index contributed by atoms with van der Waals surface area (Å²) in [6.45, 7) is 3.01. The second kappa shape index (κ2) is 8.20. The Hall–Kier alpha value is -2.58. The number of nitrogens with zero attached hydrogens (tertiary/aromatic N) is 1. The number of nitrogens with two attached hydrogens (primary N) is 1. The van der Waals surface area contributed by atoms with E-state index < -0.39 is 28.6 Å². The Balaban J connectivity index is 2.23. The summed E-state index contributed by atoms with van der Waals surface area (Å²) in [4.78, 5) is 11.1. The van der Waals surface area contributed by atoms with Crippen LogP contribution in [-0.2, 0) is 14.8 Å². The molecule has 0 saturated heterocycles. The highest BCUT2D eigenvalue weighted by Crippen LogP contribution is 2.26. The van der Waals surface area contributed by atoms with Gasteiger partial charge in [-0.25, -0.2) is 8.42 Å². The standard InChI is InChI=1S/C18H22N2O5S/c1-3-26(23,24)20(12-17(21)18(19)22)14-6-10-16(11-7-14)25-15-8-4-13(2)5-9-15/h4-11,17,21H,3,12H2,1-2H3,(H2,19,22)/t17-/m0/s1. The van der Waals surface area contributed by atoms with Gasteiger partial charge in [0.1, 0.15) is 11.5 Å². The van der Waals surface area contributed by atoms with E-state index >= 15 is 0 Å². The van der Waals surface area contributed by atoms with Crippen molar-refractivity contribution in [2.45, 2.75) is 20.0 Å². The molecule has 0 bridgehead atoms. The van der Waals surface area contributed by atoms with Crippen LogP contribution in [0.4, 0.5) is 5.69 Å². The zero-order valence-corrected chi connectivity index (χ0v) is 15.4. The summed E-state index contributed by atoms with van der Waals surface area (Å²) >= 11 is 0. The Kier molecular flexibility index (Phi) is 6.23. The van der Waals surface area contributed by atoms with Crippen LogP contribution in [0.15, 0.2) is 48.5 Å². The number of carbonyl (C=O) groups excluding carboxylic acids is 1. The first-order valence-corrected chi connectivity index (χ1v) is 9.66. The molecule has 0 unspecified atom stereocenters. The number of ether oxygens (including phenoxy) is 1. The highest BCUT2D eigenvalue weighted by molar-refractivity contribution is 7.92. The van der Waals surface area contributed by atoms with Crippen molar-refractivity contribution in [1.29, 1.82) is 0 Å². The van der Waals surface area contributed by atoms with E-state index in [2.05, 4.69) is 0 Å². The fourth-order valence-electron chi connectivity index (χ4n) is 2.21. The smallest absolute Gasteiger partial charge is 0.248 e. The molecule has 7 nitrogen and oxygen atoms in total. The van der Waals surface area contributed by atoms with Crippen molar-refractivity contribution in [3.8, 4) is 11.5 Å². The van der Waals surface area contributed by atoms with Gasteiger partial charge in [0.25, 0.3) is 0 Å². The predicted octanol–water partition coefficient (Wildman–Crippen LogP) is 1.79. The van der Waals surface area contributed by atoms with Gasteiger partial charge >= 0.3 is 0 Å². The average molecular weight is 378 g/mol. The molecule has 0 spiro atoms. The molecule has 0 aromatic heterocycles. The van der Waals surface area contributed by atoms with Gasteiger partial charge in [-0.1, -0.05) is 17.7 Å². The third-order valence-electron chi connectivity index (χ3n) is 3.75. The molecular formula is C18H22N2O5S. The highest BCUT2D eigenvalue weighted by atomic mass is 32.2. The maximum absolute atomic E-state index is 12.3. The van der Waals surface area contributed by atoms with Crippen molar-refractivity contribution in [3.63, 3.8) is 0 Å². The van der Waals surface area contributed by atoms with Crippen molar-refractivity contribution >= 4 is 21.6 Å². The van der Waals surface area contributed by atoms with Gasteiger partial charge in [-0.05, 0) is 50.2 Å². The van der Waals surface area contributed by atoms with Crippen LogP contribution in [0, 0.1) is 6.92 Å². The predicted molar refractivity (Wildman–Crippen MR) is 99.7 cm³/mol. The zero-order valence-electron chi connectivity index (χ0n) is 14.6. The number of aryl methyl sites for hydroxylation is 1. The van der Waals surface area contributed by atoms with Gasteiger partial charge in [-0.2, -0.15) is 0 Å². The number of aliphatic hydroxyl groups excluding tert-OH is 1. The maximum Gasteiger partial charge on any atom is 0.248 e. The Morgan fingerprint density at radius 1 is 1.12 bits per heavy atom. The van der Waals surface area contributed by atoms with Gasteiger partial charge < -0.3 is 15.6 Å². The van der Waals surface area contributed by atoms with Crippen LogP contribution in [0.2, 0.25) is 0 Å². The summed E-state index contributed by atoms with van der Waals surface area (Å²) in [7, 11) is -3.69. The summed E-state index contributed by atoms with van der Waals surface area (Å²) in [6, 6.07) is 13.8. The largest absolute Gasteiger partial charge is 0.457 e. The highest BCUT2D eigenvalue weighted by Gasteiger charge is 2.25. The molecule has 0 aliphatic carbocycles. The van der Waals surface area contributed by atoms with Crippen molar-refractivity contribution < 1.29 is 23.1 Å². The Bertz CT molecular complexity index is 848. The molecule has 0 fully saturated rings. The minimum atomic E-state index is -3.69. The van der Waals surface area contributed by atoms with E-state index in [0.29, 0.717) is 17.2 Å². The lowest BCUT2D eigenvalue weighted by Crippen LogP contribution is -2.43. The van der Waals surface area contributed by atoms with Crippen LogP contribution in [0.25, 0.3) is 0 Å². The number of rotatable bonds is 8. The van der Waals surface area contributed by atoms with Gasteiger partial charge in [0, 0.05) is 0 Å². The Labute approximate surface area is 153 Å². The van der Waals surface area contributed by atoms with Gasteiger partial charge in [-0.15, -0.1) is 0 Å². The van der Waals surface area contributed by atoms with E-state index in [1.165, 1.54) is 6.92 Å². The summed E-state index contributed by atoms with van der Waals surface area (Å²) in [5.41, 5.74) is 6.46. The van der Waals surface area contributed by atoms with Gasteiger partial charge in [0.05, 0.1) is 18.0 Å². The van der Waals surface area contributed by atoms with Crippen LogP contribution >= 0.6 is 0 Å². The number of amides is 1. The van der Waals surface area contributed by atoms with E-state index in [-0.39, 0.29) is 5.75 Å². The van der Waals surface area contributed by atoms with E-state index in [9.17, 15) is 18.3 Å². The number of hydrogen-bond donors (Lipinski definition) is 2. The molecule has 140 valence electrons. The van der Waals surface area contributed by atoms with Crippen LogP contribution in [0.5, 0.6) is 11.5 Å². The van der Waals surface area contributed by atoms with E-state index in [0.717, 1.165) is 9.87 Å². The van der Waals surface area contributed by atoms with Crippen molar-refractivity contribution in [2.24, 2.45) is 5.73 Å². The molecule has 0 radical (unpaired) electrons. The molecule has 0 heterocycles. The number of hydrogen-bond acceptors (Lipinski definition) is 5. The molecule has 26 heavy (non-hydrogen) atoms. The van der Waals surface area contributed by atoms with Gasteiger partial charge in [0.15, 0.2) is 6.10 Å². The molecule has 1 atom stereocenters. The molecule has 1 amide bonds. The maximum atomic E-state index is 12.3. The number of benzene rings is 2. The average Bonchev–Trinajstić information content (AvgIpc) is 2.62. The summed E-state index contributed by atoms with van der Waals surface area (Å²) in [5.74, 6) is 0.0215. The first-order valence-electron chi connectivity index (χ1n) is 8.05. The van der Waals surface area contributed by atoms with E-state index in [1.54, 1.807) is 24.3 Å². The third kappa shape index (κ3) is 4.96. The minimum Gasteiger partial charge on any atom is -0.457 e. The van der Waals surface area contributed by atoms with E-state index in [4.69, 9.17) is 10.5 Å². The summed E-state index contributed by atoms with van der Waals surface area (Å²) in [6.07, 6.45) is -1.60. The molecule has 2 rings (SSSR count). The molecule has 0 aliphatic rings. The number of carbonyl (C=O) groups is 1. The zero-order chi connectivity index (χ0) is 19.3. The van der Waals surface area contributed by atoms with E-state index in [1.807, 2.05) is 31.2 Å². The third-order valence-corrected chi connectivity index (χ3v) is 5.51. The lowest BCUT2D eigenvalue weighted by atomic mass is 10.2. The van der Waals surface area contributed by atoms with Crippen LogP contribution in [-0.4, -0.2) is 37.8 Å². The second-order valence-corrected chi connectivity index (χ2v) is 7.94. The molecule has 0 saturated carbocycles. The van der Waals surface area contributed by atoms with Crippen molar-refractivity contribution in [2.75, 3.05) is 16.6 Å². The van der Waals surface area contributed by atoms with Crippen LogP contribution < -0.4 is 14.8 Å². The Morgan fingerprint density at radius 2 is 1.62 bits per heavy atom. The fraction of sp³-hybridized carbons (Fsp3) is 0.278. The van der Waals surface area contributed by atoms with Crippen LogP contribution in [0.3, 0.4) is 0 Å². The molecule has 2 aromatic carbocycles. The lowest BCUT2D eigenvalue weighted by molar-refractivity contribution is -0.125. The summed E-state index contributed by atoms with van der Waals surface area (Å²) in [5, 5.41) is 9.68. The lowest BCUT2D eigenvalue weighted by Gasteiger charge is -2.25. The Morgan fingerprint density at radius 3 is 2.08 bits per heavy atom. The first-order chi connectivity index (χ1) is 12.2. The number of primary amides is 1. The second-order valence-electron chi connectivity index (χ2n) is 5.76.